The van der Waals surface area contributed by atoms with E-state index in [9.17, 15) is 0 Å². The second kappa shape index (κ2) is 4.34. The Balaban J connectivity index is 1.61. The van der Waals surface area contributed by atoms with Crippen LogP contribution in [0, 0.1) is 36.5 Å². The SMILES string of the molecule is Cc1ccc(C(Br)C2C3CC4CC(C3)CC2C4)s1. The van der Waals surface area contributed by atoms with Crippen LogP contribution in [-0.4, -0.2) is 0 Å². The summed E-state index contributed by atoms with van der Waals surface area (Å²) in [5.74, 6) is 5.15. The van der Waals surface area contributed by atoms with Crippen LogP contribution >= 0.6 is 27.3 Å². The normalized spacial score (nSPS) is 43.3. The maximum Gasteiger partial charge on any atom is 0.0522 e. The summed E-state index contributed by atoms with van der Waals surface area (Å²) >= 11 is 6.05. The van der Waals surface area contributed by atoms with Gasteiger partial charge in [0.15, 0.2) is 0 Å². The third-order valence-electron chi connectivity index (χ3n) is 5.67. The van der Waals surface area contributed by atoms with Gasteiger partial charge in [0, 0.05) is 9.75 Å². The third-order valence-corrected chi connectivity index (χ3v) is 8.16. The van der Waals surface area contributed by atoms with Gasteiger partial charge in [-0.15, -0.1) is 11.3 Å². The first-order chi connectivity index (χ1) is 8.70. The van der Waals surface area contributed by atoms with Crippen molar-refractivity contribution in [3.05, 3.63) is 21.9 Å². The molecule has 4 aliphatic rings. The van der Waals surface area contributed by atoms with E-state index < -0.39 is 0 Å². The van der Waals surface area contributed by atoms with Gasteiger partial charge in [-0.05, 0) is 80.8 Å². The van der Waals surface area contributed by atoms with Crippen molar-refractivity contribution in [2.24, 2.45) is 29.6 Å². The van der Waals surface area contributed by atoms with E-state index in [0.29, 0.717) is 4.83 Å². The number of hydrogen-bond acceptors (Lipinski definition) is 1. The van der Waals surface area contributed by atoms with Crippen LogP contribution in [0.15, 0.2) is 12.1 Å². The fourth-order valence-corrected chi connectivity index (χ4v) is 7.45. The smallest absolute Gasteiger partial charge is 0.0522 e. The second-order valence-electron chi connectivity index (χ2n) is 6.86. The van der Waals surface area contributed by atoms with E-state index in [2.05, 4.69) is 35.0 Å². The highest BCUT2D eigenvalue weighted by molar-refractivity contribution is 9.09. The summed E-state index contributed by atoms with van der Waals surface area (Å²) in [4.78, 5) is 3.66. The van der Waals surface area contributed by atoms with Crippen molar-refractivity contribution >= 4 is 27.3 Å². The van der Waals surface area contributed by atoms with Crippen molar-refractivity contribution in [3.63, 3.8) is 0 Å². The van der Waals surface area contributed by atoms with E-state index in [1.165, 1.54) is 30.6 Å². The lowest BCUT2D eigenvalue weighted by atomic mass is 9.51. The highest BCUT2D eigenvalue weighted by Crippen LogP contribution is 2.61. The standard InChI is InChI=1S/C16H21BrS/c1-9-2-3-14(18-9)16(17)15-12-5-10-4-11(7-12)8-13(15)6-10/h2-3,10-13,15-16H,4-8H2,1H3. The highest BCUT2D eigenvalue weighted by Gasteiger charge is 2.50. The molecule has 98 valence electrons. The molecule has 1 aromatic rings. The van der Waals surface area contributed by atoms with Gasteiger partial charge < -0.3 is 0 Å². The third kappa shape index (κ3) is 1.83. The summed E-state index contributed by atoms with van der Waals surface area (Å²) < 4.78 is 0. The van der Waals surface area contributed by atoms with Crippen LogP contribution in [0.25, 0.3) is 0 Å². The molecule has 0 radical (unpaired) electrons. The quantitative estimate of drug-likeness (QED) is 0.624. The molecule has 4 saturated carbocycles. The zero-order valence-electron chi connectivity index (χ0n) is 10.9. The number of rotatable bonds is 2. The maximum absolute atomic E-state index is 4.06. The molecule has 0 spiro atoms. The van der Waals surface area contributed by atoms with E-state index in [4.69, 9.17) is 0 Å². The van der Waals surface area contributed by atoms with Crippen LogP contribution in [0.4, 0.5) is 0 Å². The Morgan fingerprint density at radius 2 is 1.67 bits per heavy atom. The Morgan fingerprint density at radius 1 is 1.06 bits per heavy atom. The molecular weight excluding hydrogens is 304 g/mol. The number of halogens is 1. The van der Waals surface area contributed by atoms with Gasteiger partial charge in [0.25, 0.3) is 0 Å². The second-order valence-corrected chi connectivity index (χ2v) is 9.16. The summed E-state index contributed by atoms with van der Waals surface area (Å²) in [5.41, 5.74) is 0. The summed E-state index contributed by atoms with van der Waals surface area (Å²) in [6, 6.07) is 4.63. The minimum absolute atomic E-state index is 0.631. The van der Waals surface area contributed by atoms with Crippen molar-refractivity contribution in [2.45, 2.75) is 43.9 Å². The van der Waals surface area contributed by atoms with Gasteiger partial charge in [-0.25, -0.2) is 0 Å². The van der Waals surface area contributed by atoms with E-state index in [1.54, 1.807) is 11.3 Å². The number of thiophene rings is 1. The lowest BCUT2D eigenvalue weighted by Crippen LogP contribution is -2.46. The van der Waals surface area contributed by atoms with Crippen LogP contribution in [0.2, 0.25) is 0 Å². The topological polar surface area (TPSA) is 0 Å². The van der Waals surface area contributed by atoms with E-state index in [0.717, 1.165) is 29.6 Å². The molecule has 18 heavy (non-hydrogen) atoms. The van der Waals surface area contributed by atoms with Gasteiger partial charge >= 0.3 is 0 Å². The first kappa shape index (κ1) is 12.0. The van der Waals surface area contributed by atoms with E-state index >= 15 is 0 Å². The summed E-state index contributed by atoms with van der Waals surface area (Å²) in [7, 11) is 0. The Hall–Kier alpha value is 0.180. The average molecular weight is 325 g/mol. The summed E-state index contributed by atoms with van der Waals surface area (Å²) in [6.07, 6.45) is 7.69. The molecule has 5 rings (SSSR count). The van der Waals surface area contributed by atoms with Gasteiger partial charge in [0.2, 0.25) is 0 Å². The van der Waals surface area contributed by atoms with Crippen LogP contribution in [0.1, 0.15) is 46.7 Å². The van der Waals surface area contributed by atoms with Gasteiger partial charge in [-0.1, -0.05) is 15.9 Å². The molecule has 4 aliphatic carbocycles. The Morgan fingerprint density at radius 3 is 2.17 bits per heavy atom. The molecule has 0 nitrogen and oxygen atoms in total. The largest absolute Gasteiger partial charge is 0.145 e. The molecule has 0 aliphatic heterocycles. The number of alkyl halides is 1. The Bertz CT molecular complexity index is 422. The highest BCUT2D eigenvalue weighted by atomic mass is 79.9. The summed E-state index contributed by atoms with van der Waals surface area (Å²) in [6.45, 7) is 2.23. The van der Waals surface area contributed by atoms with Crippen LogP contribution < -0.4 is 0 Å². The molecule has 1 atom stereocenters. The molecule has 0 amide bonds. The van der Waals surface area contributed by atoms with Crippen molar-refractivity contribution < 1.29 is 0 Å². The lowest BCUT2D eigenvalue weighted by molar-refractivity contribution is -0.0361. The van der Waals surface area contributed by atoms with Crippen LogP contribution in [-0.2, 0) is 0 Å². The minimum Gasteiger partial charge on any atom is -0.145 e. The van der Waals surface area contributed by atoms with Crippen molar-refractivity contribution in [1.29, 1.82) is 0 Å². The lowest BCUT2D eigenvalue weighted by Gasteiger charge is -2.55. The molecule has 4 bridgehead atoms. The number of hydrogen-bond donors (Lipinski definition) is 0. The zero-order chi connectivity index (χ0) is 12.3. The fourth-order valence-electron chi connectivity index (χ4n) is 5.24. The van der Waals surface area contributed by atoms with Gasteiger partial charge in [-0.3, -0.25) is 0 Å². The molecular formula is C16H21BrS. The van der Waals surface area contributed by atoms with E-state index in [1.807, 2.05) is 11.3 Å². The Kier molecular flexibility index (Phi) is 2.89. The molecule has 1 unspecified atom stereocenters. The predicted octanol–water partition coefficient (Wildman–Crippen LogP) is 5.56. The molecule has 0 N–H and O–H groups in total. The minimum atomic E-state index is 0.631. The van der Waals surface area contributed by atoms with Crippen LogP contribution in [0.5, 0.6) is 0 Å². The monoisotopic (exact) mass is 324 g/mol. The molecule has 1 heterocycles. The zero-order valence-corrected chi connectivity index (χ0v) is 13.3. The van der Waals surface area contributed by atoms with Crippen molar-refractivity contribution in [2.75, 3.05) is 0 Å². The molecule has 1 aromatic heterocycles. The Labute approximate surface area is 122 Å². The number of aryl methyl sites for hydroxylation is 1. The summed E-state index contributed by atoms with van der Waals surface area (Å²) in [5, 5.41) is 0. The average Bonchev–Trinajstić information content (AvgIpc) is 2.74. The van der Waals surface area contributed by atoms with Gasteiger partial charge in [0.1, 0.15) is 0 Å². The van der Waals surface area contributed by atoms with Gasteiger partial charge in [-0.2, -0.15) is 0 Å². The first-order valence-electron chi connectivity index (χ1n) is 7.41. The maximum atomic E-state index is 4.06. The molecule has 4 fully saturated rings. The molecule has 2 heteroatoms. The molecule has 0 saturated heterocycles. The molecule has 0 aromatic carbocycles. The fraction of sp³-hybridized carbons (Fsp3) is 0.750. The van der Waals surface area contributed by atoms with Gasteiger partial charge in [0.05, 0.1) is 4.83 Å². The van der Waals surface area contributed by atoms with Crippen LogP contribution in [0.3, 0.4) is 0 Å². The predicted molar refractivity (Wildman–Crippen MR) is 81.3 cm³/mol. The van der Waals surface area contributed by atoms with E-state index in [-0.39, 0.29) is 0 Å². The van der Waals surface area contributed by atoms with Crippen molar-refractivity contribution in [3.8, 4) is 0 Å². The van der Waals surface area contributed by atoms with Crippen molar-refractivity contribution in [1.82, 2.24) is 0 Å². The first-order valence-corrected chi connectivity index (χ1v) is 9.14.